The third kappa shape index (κ3) is 4.36. The van der Waals surface area contributed by atoms with Crippen LogP contribution in [0.1, 0.15) is 27.0 Å². The summed E-state index contributed by atoms with van der Waals surface area (Å²) in [6.07, 6.45) is -3.82. The molecule has 0 fully saturated rings. The van der Waals surface area contributed by atoms with Crippen molar-refractivity contribution in [1.82, 2.24) is 0 Å². The normalized spacial score (nSPS) is 16.5. The number of hydrogen-bond acceptors (Lipinski definition) is 4. The number of allylic oxidation sites excluding steroid dienone is 1. The van der Waals surface area contributed by atoms with Crippen molar-refractivity contribution < 1.29 is 26.4 Å². The summed E-state index contributed by atoms with van der Waals surface area (Å²) in [7, 11) is -4.35. The number of alkyl halides is 3. The van der Waals surface area contributed by atoms with Crippen molar-refractivity contribution in [2.45, 2.75) is 19.6 Å². The van der Waals surface area contributed by atoms with Gasteiger partial charge in [0.2, 0.25) is 5.78 Å². The molecular weight excluding hydrogens is 453 g/mol. The van der Waals surface area contributed by atoms with Gasteiger partial charge in [0.05, 0.1) is 23.5 Å². The molecule has 170 valence electrons. The Bertz CT molecular complexity index is 1350. The van der Waals surface area contributed by atoms with Crippen molar-refractivity contribution in [2.75, 3.05) is 9.62 Å². The van der Waals surface area contributed by atoms with Crippen molar-refractivity contribution in [3.63, 3.8) is 0 Å². The molecule has 33 heavy (non-hydrogen) atoms. The Labute approximate surface area is 189 Å². The summed E-state index contributed by atoms with van der Waals surface area (Å²) in [6.45, 7) is 1.87. The number of para-hydroxylation sites is 2. The minimum atomic E-state index is -4.65. The first-order valence-corrected chi connectivity index (χ1v) is 11.4. The highest BCUT2D eigenvalue weighted by molar-refractivity contribution is 7.97. The van der Waals surface area contributed by atoms with Crippen LogP contribution in [-0.4, -0.2) is 14.2 Å². The van der Waals surface area contributed by atoms with E-state index in [1.54, 1.807) is 24.3 Å². The molecule has 5 nitrogen and oxygen atoms in total. The first-order valence-electron chi connectivity index (χ1n) is 9.94. The third-order valence-electron chi connectivity index (χ3n) is 5.25. The highest BCUT2D eigenvalue weighted by atomic mass is 32.2. The van der Waals surface area contributed by atoms with E-state index in [1.165, 1.54) is 24.3 Å². The lowest BCUT2D eigenvalue weighted by atomic mass is 10.1. The Morgan fingerprint density at radius 1 is 0.939 bits per heavy atom. The molecule has 0 saturated heterocycles. The van der Waals surface area contributed by atoms with E-state index in [4.69, 9.17) is 0 Å². The number of ketones is 1. The largest absolute Gasteiger partial charge is 0.418 e. The van der Waals surface area contributed by atoms with Crippen LogP contribution in [0.15, 0.2) is 83.9 Å². The summed E-state index contributed by atoms with van der Waals surface area (Å²) in [5.74, 6) is -0.789. The number of nitrogens with zero attached hydrogens (tertiary/aromatic N) is 1. The molecule has 0 spiro atoms. The maximum atomic E-state index is 13.4. The van der Waals surface area contributed by atoms with Crippen LogP contribution in [0.25, 0.3) is 0 Å². The molecule has 3 aromatic carbocycles. The molecule has 0 radical (unpaired) electrons. The highest BCUT2D eigenvalue weighted by Crippen LogP contribution is 2.38. The first kappa shape index (κ1) is 22.6. The predicted octanol–water partition coefficient (Wildman–Crippen LogP) is 5.50. The number of halogens is 3. The van der Waals surface area contributed by atoms with Crippen molar-refractivity contribution >= 4 is 27.2 Å². The van der Waals surface area contributed by atoms with Crippen LogP contribution in [0.3, 0.4) is 0 Å². The maximum absolute atomic E-state index is 13.4. The number of Topliss-reactive ketones (excluding diaryl/α,β-unsaturated/α-hetero) is 1. The average molecular weight is 472 g/mol. The molecule has 1 aliphatic heterocycles. The number of fused-ring (bicyclic) bond motifs is 1. The van der Waals surface area contributed by atoms with Crippen LogP contribution in [0.2, 0.25) is 0 Å². The van der Waals surface area contributed by atoms with Crippen LogP contribution in [0.4, 0.5) is 24.5 Å². The van der Waals surface area contributed by atoms with E-state index < -0.39 is 32.5 Å². The Morgan fingerprint density at radius 2 is 1.58 bits per heavy atom. The summed E-state index contributed by atoms with van der Waals surface area (Å²) in [5, 5.41) is 2.39. The topological polar surface area (TPSA) is 66.5 Å². The van der Waals surface area contributed by atoms with Gasteiger partial charge in [-0.1, -0.05) is 54.1 Å². The quantitative estimate of drug-likeness (QED) is 0.510. The number of hydrogen-bond donors (Lipinski definition) is 1. The van der Waals surface area contributed by atoms with E-state index in [9.17, 15) is 26.4 Å². The number of nitrogens with one attached hydrogen (secondary N) is 1. The molecular formula is C24H19F3N2O3S. The number of anilines is 2. The van der Waals surface area contributed by atoms with E-state index in [-0.39, 0.29) is 23.5 Å². The molecule has 4 rings (SSSR count). The number of sulfonamides is 1. The second kappa shape index (κ2) is 8.40. The average Bonchev–Trinajstić information content (AvgIpc) is 2.77. The molecule has 0 bridgehead atoms. The first-order chi connectivity index (χ1) is 15.6. The van der Waals surface area contributed by atoms with Gasteiger partial charge in [0.25, 0.3) is 10.0 Å². The number of benzene rings is 3. The highest BCUT2D eigenvalue weighted by Gasteiger charge is 2.40. The number of carbonyl (C=O) groups is 1. The molecule has 1 aliphatic rings. The molecule has 0 saturated carbocycles. The molecule has 0 amide bonds. The zero-order valence-corrected chi connectivity index (χ0v) is 18.2. The fraction of sp³-hybridized carbons (Fsp3) is 0.125. The summed E-state index contributed by atoms with van der Waals surface area (Å²) >= 11 is 0. The summed E-state index contributed by atoms with van der Waals surface area (Å²) in [5.41, 5.74) is 0.739. The monoisotopic (exact) mass is 472 g/mol. The molecule has 1 N–H and O–H groups in total. The maximum Gasteiger partial charge on any atom is 0.418 e. The van der Waals surface area contributed by atoms with Crippen molar-refractivity contribution in [1.29, 1.82) is 0 Å². The molecule has 0 unspecified atom stereocenters. The Balaban J connectivity index is 1.78. The molecule has 0 aliphatic carbocycles. The van der Waals surface area contributed by atoms with Gasteiger partial charge in [-0.25, -0.2) is 8.42 Å². The fourth-order valence-electron chi connectivity index (χ4n) is 3.55. The third-order valence-corrected chi connectivity index (χ3v) is 7.01. The van der Waals surface area contributed by atoms with E-state index >= 15 is 0 Å². The lowest BCUT2D eigenvalue weighted by Gasteiger charge is -2.31. The van der Waals surface area contributed by atoms with Crippen molar-refractivity contribution in [3.05, 3.63) is 106 Å². The zero-order valence-electron chi connectivity index (χ0n) is 17.4. The van der Waals surface area contributed by atoms with Crippen LogP contribution in [0, 0.1) is 6.92 Å². The standard InChI is InChI=1S/C24H19F3N2O3S/c1-16-10-12-17(13-11-16)15-29-21-9-5-2-6-18(21)23(30)22(33(29,31)32)14-28-20-8-4-3-7-19(20)24(25,26)27/h2-14,28H,15H2,1H3/b22-14+. The van der Waals surface area contributed by atoms with Gasteiger partial charge in [-0.2, -0.15) is 13.2 Å². The van der Waals surface area contributed by atoms with Gasteiger partial charge in [0.15, 0.2) is 4.91 Å². The van der Waals surface area contributed by atoms with E-state index in [1.807, 2.05) is 19.1 Å². The van der Waals surface area contributed by atoms with Gasteiger partial charge in [-0.15, -0.1) is 0 Å². The molecule has 1 heterocycles. The Kier molecular flexibility index (Phi) is 5.75. The zero-order chi connectivity index (χ0) is 23.8. The second-order valence-electron chi connectivity index (χ2n) is 7.54. The molecule has 3 aromatic rings. The lowest BCUT2D eigenvalue weighted by Crippen LogP contribution is -2.39. The Hall–Kier alpha value is -3.59. The fourth-order valence-corrected chi connectivity index (χ4v) is 5.08. The predicted molar refractivity (Wildman–Crippen MR) is 120 cm³/mol. The molecule has 9 heteroatoms. The number of carbonyl (C=O) groups excluding carboxylic acids is 1. The summed E-state index contributed by atoms with van der Waals surface area (Å²) < 4.78 is 67.9. The SMILES string of the molecule is Cc1ccc(CN2c3ccccc3C(=O)/C(=C\Nc3ccccc3C(F)(F)F)S2(=O)=O)cc1. The molecule has 0 atom stereocenters. The van der Waals surface area contributed by atoms with E-state index in [0.717, 1.165) is 28.2 Å². The van der Waals surface area contributed by atoms with E-state index in [0.29, 0.717) is 5.56 Å². The van der Waals surface area contributed by atoms with Gasteiger partial charge >= 0.3 is 6.18 Å². The Morgan fingerprint density at radius 3 is 2.27 bits per heavy atom. The van der Waals surface area contributed by atoms with Crippen LogP contribution >= 0.6 is 0 Å². The lowest BCUT2D eigenvalue weighted by molar-refractivity contribution is -0.136. The van der Waals surface area contributed by atoms with Crippen LogP contribution in [0.5, 0.6) is 0 Å². The minimum Gasteiger partial charge on any atom is -0.360 e. The van der Waals surface area contributed by atoms with Gasteiger partial charge in [-0.05, 0) is 36.8 Å². The molecule has 0 aromatic heterocycles. The summed E-state index contributed by atoms with van der Waals surface area (Å²) in [4.78, 5) is 12.4. The smallest absolute Gasteiger partial charge is 0.360 e. The number of aryl methyl sites for hydroxylation is 1. The second-order valence-corrected chi connectivity index (χ2v) is 9.37. The van der Waals surface area contributed by atoms with Gasteiger partial charge in [0.1, 0.15) is 0 Å². The van der Waals surface area contributed by atoms with Gasteiger partial charge < -0.3 is 5.32 Å². The number of rotatable bonds is 4. The van der Waals surface area contributed by atoms with Crippen molar-refractivity contribution in [3.8, 4) is 0 Å². The van der Waals surface area contributed by atoms with Crippen LogP contribution < -0.4 is 9.62 Å². The van der Waals surface area contributed by atoms with Crippen LogP contribution in [-0.2, 0) is 22.7 Å². The van der Waals surface area contributed by atoms with Crippen molar-refractivity contribution in [2.24, 2.45) is 0 Å². The van der Waals surface area contributed by atoms with Gasteiger partial charge in [-0.3, -0.25) is 9.10 Å². The summed E-state index contributed by atoms with van der Waals surface area (Å²) in [6, 6.07) is 18.1. The van der Waals surface area contributed by atoms with Gasteiger partial charge in [0, 0.05) is 11.8 Å². The van der Waals surface area contributed by atoms with E-state index in [2.05, 4.69) is 5.32 Å². The minimum absolute atomic E-state index is 0.0383.